The van der Waals surface area contributed by atoms with Gasteiger partial charge in [-0.15, -0.1) is 11.3 Å². The predicted octanol–water partition coefficient (Wildman–Crippen LogP) is 4.14. The molecule has 1 aromatic heterocycles. The maximum absolute atomic E-state index is 10.6. The Bertz CT molecular complexity index is 614. The highest BCUT2D eigenvalue weighted by Gasteiger charge is 2.24. The third-order valence-corrected chi connectivity index (χ3v) is 5.19. The number of aryl methyl sites for hydroxylation is 2. The average Bonchev–Trinajstić information content (AvgIpc) is 2.95. The number of rotatable bonds is 2. The lowest BCUT2D eigenvalue weighted by atomic mass is 10.0. The molecule has 0 radical (unpaired) electrons. The van der Waals surface area contributed by atoms with Crippen LogP contribution in [0.5, 0.6) is 5.75 Å². The summed E-state index contributed by atoms with van der Waals surface area (Å²) < 4.78 is 6.68. The molecule has 0 spiro atoms. The van der Waals surface area contributed by atoms with Gasteiger partial charge in [-0.05, 0) is 43.2 Å². The second kappa shape index (κ2) is 4.93. The van der Waals surface area contributed by atoms with Crippen LogP contribution in [-0.4, -0.2) is 11.7 Å². The van der Waals surface area contributed by atoms with Gasteiger partial charge in [0.05, 0.1) is 6.61 Å². The van der Waals surface area contributed by atoms with Gasteiger partial charge in [-0.2, -0.15) is 0 Å². The Morgan fingerprint density at radius 2 is 2.11 bits per heavy atom. The smallest absolute Gasteiger partial charge is 0.128 e. The number of thiophene rings is 1. The summed E-state index contributed by atoms with van der Waals surface area (Å²) in [5, 5.41) is 10.6. The summed E-state index contributed by atoms with van der Waals surface area (Å²) in [6.07, 6.45) is 0.304. The number of halogens is 1. The molecule has 100 valence electrons. The van der Waals surface area contributed by atoms with Crippen LogP contribution in [0.25, 0.3) is 0 Å². The van der Waals surface area contributed by atoms with E-state index in [-0.39, 0.29) is 0 Å². The first-order valence-electron chi connectivity index (χ1n) is 6.26. The number of aliphatic hydroxyl groups is 1. The number of ether oxygens (including phenoxy) is 1. The molecule has 2 aromatic rings. The Morgan fingerprint density at radius 3 is 2.79 bits per heavy atom. The molecule has 1 N–H and O–H groups in total. The highest BCUT2D eigenvalue weighted by molar-refractivity contribution is 9.10. The Morgan fingerprint density at radius 1 is 1.32 bits per heavy atom. The molecule has 0 bridgehead atoms. The van der Waals surface area contributed by atoms with Crippen LogP contribution in [0.1, 0.15) is 32.5 Å². The van der Waals surface area contributed by atoms with E-state index in [4.69, 9.17) is 4.74 Å². The van der Waals surface area contributed by atoms with Crippen molar-refractivity contribution in [1.82, 2.24) is 0 Å². The average molecular weight is 339 g/mol. The zero-order chi connectivity index (χ0) is 13.6. The molecule has 3 rings (SSSR count). The molecule has 1 aromatic carbocycles. The molecule has 1 atom stereocenters. The largest absolute Gasteiger partial charge is 0.493 e. The highest BCUT2D eigenvalue weighted by atomic mass is 79.9. The Labute approximate surface area is 125 Å². The minimum atomic E-state index is -0.609. The van der Waals surface area contributed by atoms with Crippen LogP contribution in [0.4, 0.5) is 0 Å². The second-order valence-electron chi connectivity index (χ2n) is 4.87. The molecule has 0 saturated heterocycles. The quantitative estimate of drug-likeness (QED) is 0.891. The molecular formula is C15H15BrO2S. The van der Waals surface area contributed by atoms with Crippen molar-refractivity contribution in [2.75, 3.05) is 6.61 Å². The molecule has 1 aliphatic heterocycles. The van der Waals surface area contributed by atoms with Gasteiger partial charge in [0.15, 0.2) is 0 Å². The molecule has 2 nitrogen and oxygen atoms in total. The molecule has 19 heavy (non-hydrogen) atoms. The number of fused-ring (bicyclic) bond motifs is 1. The van der Waals surface area contributed by atoms with Crippen LogP contribution in [0.15, 0.2) is 22.7 Å². The summed E-state index contributed by atoms with van der Waals surface area (Å²) in [4.78, 5) is 2.23. The van der Waals surface area contributed by atoms with E-state index < -0.39 is 6.10 Å². The first kappa shape index (κ1) is 13.2. The van der Waals surface area contributed by atoms with Crippen LogP contribution in [-0.2, 0) is 6.42 Å². The van der Waals surface area contributed by atoms with Gasteiger partial charge in [0.25, 0.3) is 0 Å². The van der Waals surface area contributed by atoms with E-state index in [1.165, 1.54) is 16.0 Å². The maximum Gasteiger partial charge on any atom is 0.128 e. The lowest BCUT2D eigenvalue weighted by Crippen LogP contribution is -2.00. The zero-order valence-electron chi connectivity index (χ0n) is 10.9. The van der Waals surface area contributed by atoms with Crippen molar-refractivity contribution >= 4 is 27.3 Å². The van der Waals surface area contributed by atoms with Gasteiger partial charge in [0.1, 0.15) is 11.9 Å². The maximum atomic E-state index is 10.6. The van der Waals surface area contributed by atoms with Crippen LogP contribution in [0.2, 0.25) is 0 Å². The summed E-state index contributed by atoms with van der Waals surface area (Å²) in [5.74, 6) is 0.861. The summed E-state index contributed by atoms with van der Waals surface area (Å²) in [6, 6.07) is 6.09. The van der Waals surface area contributed by atoms with E-state index >= 15 is 0 Å². The van der Waals surface area contributed by atoms with E-state index in [9.17, 15) is 5.11 Å². The van der Waals surface area contributed by atoms with Gasteiger partial charge in [-0.25, -0.2) is 0 Å². The summed E-state index contributed by atoms with van der Waals surface area (Å²) in [7, 11) is 0. The summed E-state index contributed by atoms with van der Waals surface area (Å²) in [5.41, 5.74) is 3.27. The SMILES string of the molecule is Cc1cc(C(O)c2cc(Br)cc3c2OCC3)sc1C. The van der Waals surface area contributed by atoms with Gasteiger partial charge in [0, 0.05) is 26.2 Å². The third kappa shape index (κ3) is 2.33. The van der Waals surface area contributed by atoms with Crippen molar-refractivity contribution in [2.24, 2.45) is 0 Å². The molecule has 0 aliphatic carbocycles. The fourth-order valence-electron chi connectivity index (χ4n) is 2.39. The predicted molar refractivity (Wildman–Crippen MR) is 81.2 cm³/mol. The normalized spacial score (nSPS) is 15.2. The number of benzene rings is 1. The van der Waals surface area contributed by atoms with Gasteiger partial charge < -0.3 is 9.84 Å². The van der Waals surface area contributed by atoms with E-state index in [1.54, 1.807) is 11.3 Å². The standard InChI is InChI=1S/C15H15BrO2S/c1-8-5-13(19-9(8)2)14(17)12-7-11(16)6-10-3-4-18-15(10)12/h5-7,14,17H,3-4H2,1-2H3. The first-order chi connectivity index (χ1) is 9.06. The van der Waals surface area contributed by atoms with Crippen molar-refractivity contribution in [1.29, 1.82) is 0 Å². The van der Waals surface area contributed by atoms with E-state index in [2.05, 4.69) is 41.9 Å². The number of hydrogen-bond donors (Lipinski definition) is 1. The fourth-order valence-corrected chi connectivity index (χ4v) is 3.96. The molecule has 1 aliphatic rings. The van der Waals surface area contributed by atoms with Crippen molar-refractivity contribution < 1.29 is 9.84 Å². The van der Waals surface area contributed by atoms with E-state index in [1.807, 2.05) is 6.07 Å². The lowest BCUT2D eigenvalue weighted by molar-refractivity contribution is 0.217. The highest BCUT2D eigenvalue weighted by Crippen LogP contribution is 2.40. The topological polar surface area (TPSA) is 29.5 Å². The molecule has 0 amide bonds. The van der Waals surface area contributed by atoms with Crippen LogP contribution in [0, 0.1) is 13.8 Å². The van der Waals surface area contributed by atoms with E-state index in [0.717, 1.165) is 27.1 Å². The lowest BCUT2D eigenvalue weighted by Gasteiger charge is -2.14. The molecular weight excluding hydrogens is 324 g/mol. The summed E-state index contributed by atoms with van der Waals surface area (Å²) >= 11 is 5.16. The second-order valence-corrected chi connectivity index (χ2v) is 7.08. The Kier molecular flexibility index (Phi) is 3.41. The van der Waals surface area contributed by atoms with Crippen LogP contribution in [0.3, 0.4) is 0 Å². The van der Waals surface area contributed by atoms with Crippen molar-refractivity contribution in [3.63, 3.8) is 0 Å². The van der Waals surface area contributed by atoms with E-state index in [0.29, 0.717) is 6.61 Å². The molecule has 0 saturated carbocycles. The third-order valence-electron chi connectivity index (χ3n) is 3.53. The molecule has 0 fully saturated rings. The monoisotopic (exact) mass is 338 g/mol. The van der Waals surface area contributed by atoms with Crippen molar-refractivity contribution in [3.05, 3.63) is 49.1 Å². The first-order valence-corrected chi connectivity index (χ1v) is 7.87. The van der Waals surface area contributed by atoms with Gasteiger partial charge in [-0.1, -0.05) is 15.9 Å². The molecule has 1 unspecified atom stereocenters. The minimum Gasteiger partial charge on any atom is -0.493 e. The van der Waals surface area contributed by atoms with Crippen molar-refractivity contribution in [3.8, 4) is 5.75 Å². The fraction of sp³-hybridized carbons (Fsp3) is 0.333. The molecule has 2 heterocycles. The van der Waals surface area contributed by atoms with Crippen LogP contribution >= 0.6 is 27.3 Å². The van der Waals surface area contributed by atoms with Crippen LogP contribution < -0.4 is 4.74 Å². The van der Waals surface area contributed by atoms with Gasteiger partial charge >= 0.3 is 0 Å². The van der Waals surface area contributed by atoms with Gasteiger partial charge in [-0.3, -0.25) is 0 Å². The molecule has 4 heteroatoms. The summed E-state index contributed by atoms with van der Waals surface area (Å²) in [6.45, 7) is 4.86. The minimum absolute atomic E-state index is 0.609. The Hall–Kier alpha value is -0.840. The van der Waals surface area contributed by atoms with Gasteiger partial charge in [0.2, 0.25) is 0 Å². The van der Waals surface area contributed by atoms with Crippen molar-refractivity contribution in [2.45, 2.75) is 26.4 Å². The zero-order valence-corrected chi connectivity index (χ0v) is 13.3. The number of aliphatic hydroxyl groups excluding tert-OH is 1. The number of hydrogen-bond acceptors (Lipinski definition) is 3. The Balaban J connectivity index is 2.07.